The third-order valence-electron chi connectivity index (χ3n) is 5.69. The molecule has 0 amide bonds. The van der Waals surface area contributed by atoms with E-state index in [0.29, 0.717) is 29.3 Å². The summed E-state index contributed by atoms with van der Waals surface area (Å²) in [7, 11) is 0. The Labute approximate surface area is 125 Å². The average molecular weight is 275 g/mol. The van der Waals surface area contributed by atoms with Gasteiger partial charge in [-0.1, -0.05) is 41.5 Å². The molecule has 0 aromatic heterocycles. The molecule has 0 N–H and O–H groups in total. The minimum absolute atomic E-state index is 0.287. The number of hydrogen-bond donors (Lipinski definition) is 0. The first-order chi connectivity index (χ1) is 9.20. The molecule has 2 unspecified atom stereocenters. The van der Waals surface area contributed by atoms with Crippen LogP contribution in [0.15, 0.2) is 11.3 Å². The standard InChI is InChI=1S/C19H31O/c1-8-13(9-2)14-10-15(18(3,4)5)17-16(11-14)19(6,7)12-20-17/h1,14-17H,9-12H2,2-7H3/t8?,14-,15?,16-,17?/m0/s1. The van der Waals surface area contributed by atoms with Crippen molar-refractivity contribution >= 4 is 0 Å². The van der Waals surface area contributed by atoms with Crippen molar-refractivity contribution in [1.29, 1.82) is 0 Å². The highest BCUT2D eigenvalue weighted by Gasteiger charge is 2.53. The van der Waals surface area contributed by atoms with Crippen molar-refractivity contribution in [2.45, 2.75) is 66.9 Å². The van der Waals surface area contributed by atoms with Gasteiger partial charge < -0.3 is 4.74 Å². The van der Waals surface area contributed by atoms with Crippen LogP contribution in [0, 0.1) is 35.2 Å². The molecule has 1 saturated heterocycles. The summed E-state index contributed by atoms with van der Waals surface area (Å²) in [6.45, 7) is 20.6. The van der Waals surface area contributed by atoms with E-state index in [1.165, 1.54) is 18.4 Å². The van der Waals surface area contributed by atoms with Gasteiger partial charge in [0.1, 0.15) is 0 Å². The van der Waals surface area contributed by atoms with Crippen LogP contribution < -0.4 is 0 Å². The van der Waals surface area contributed by atoms with Gasteiger partial charge in [-0.25, -0.2) is 0 Å². The fourth-order valence-electron chi connectivity index (χ4n) is 4.31. The topological polar surface area (TPSA) is 9.23 Å². The van der Waals surface area contributed by atoms with Crippen LogP contribution in [0.3, 0.4) is 0 Å². The van der Waals surface area contributed by atoms with Gasteiger partial charge in [-0.05, 0) is 60.0 Å². The second kappa shape index (κ2) is 5.35. The van der Waals surface area contributed by atoms with Crippen LogP contribution in [0.2, 0.25) is 0 Å². The van der Waals surface area contributed by atoms with Gasteiger partial charge in [-0.2, -0.15) is 0 Å². The SMILES string of the molecule is [CH]=C=C(CC)[C@H]1CC(C(C)(C)C)C2OCC(C)(C)[C@H]2C1. The van der Waals surface area contributed by atoms with Crippen LogP contribution in [-0.2, 0) is 4.74 Å². The molecule has 2 rings (SSSR count). The van der Waals surface area contributed by atoms with E-state index in [4.69, 9.17) is 11.3 Å². The Balaban J connectivity index is 2.33. The third-order valence-corrected chi connectivity index (χ3v) is 5.69. The zero-order valence-corrected chi connectivity index (χ0v) is 14.1. The van der Waals surface area contributed by atoms with Crippen molar-refractivity contribution < 1.29 is 4.74 Å². The number of fused-ring (bicyclic) bond motifs is 1. The molecule has 1 aliphatic heterocycles. The summed E-state index contributed by atoms with van der Waals surface area (Å²) in [4.78, 5) is 0. The molecule has 4 atom stereocenters. The Morgan fingerprint density at radius 3 is 2.45 bits per heavy atom. The van der Waals surface area contributed by atoms with Gasteiger partial charge in [-0.3, -0.25) is 0 Å². The first-order valence-corrected chi connectivity index (χ1v) is 8.14. The predicted molar refractivity (Wildman–Crippen MR) is 84.3 cm³/mol. The summed E-state index contributed by atoms with van der Waals surface area (Å²) in [5, 5.41) is 0. The van der Waals surface area contributed by atoms with Gasteiger partial charge in [0.25, 0.3) is 0 Å². The average Bonchev–Trinajstić information content (AvgIpc) is 2.65. The van der Waals surface area contributed by atoms with Gasteiger partial charge >= 0.3 is 0 Å². The molecule has 20 heavy (non-hydrogen) atoms. The number of ether oxygens (including phenoxy) is 1. The quantitative estimate of drug-likeness (QED) is 0.643. The van der Waals surface area contributed by atoms with E-state index in [2.05, 4.69) is 47.3 Å². The van der Waals surface area contributed by atoms with E-state index >= 15 is 0 Å². The highest BCUT2D eigenvalue weighted by atomic mass is 16.5. The molecule has 0 spiro atoms. The van der Waals surface area contributed by atoms with Crippen molar-refractivity contribution in [3.8, 4) is 0 Å². The molecule has 0 aromatic carbocycles. The maximum Gasteiger partial charge on any atom is 0.0643 e. The fraction of sp³-hybridized carbons (Fsp3) is 0.842. The zero-order chi connectivity index (χ0) is 15.1. The van der Waals surface area contributed by atoms with Crippen molar-refractivity contribution in [3.05, 3.63) is 17.9 Å². The minimum Gasteiger partial charge on any atom is -0.377 e. The van der Waals surface area contributed by atoms with Crippen LogP contribution in [0.4, 0.5) is 0 Å². The van der Waals surface area contributed by atoms with Crippen LogP contribution in [0.1, 0.15) is 60.8 Å². The molecule has 1 nitrogen and oxygen atoms in total. The summed E-state index contributed by atoms with van der Waals surface area (Å²) >= 11 is 0. The Hall–Kier alpha value is -0.520. The maximum absolute atomic E-state index is 6.25. The van der Waals surface area contributed by atoms with E-state index in [-0.39, 0.29) is 5.41 Å². The van der Waals surface area contributed by atoms with Gasteiger partial charge in [-0.15, -0.1) is 5.73 Å². The van der Waals surface area contributed by atoms with E-state index in [0.717, 1.165) is 13.0 Å². The molecule has 2 aliphatic rings. The number of allylic oxidation sites excluding steroid dienone is 1. The predicted octanol–water partition coefficient (Wildman–Crippen LogP) is 5.02. The lowest BCUT2D eigenvalue weighted by Crippen LogP contribution is -2.44. The molecule has 0 bridgehead atoms. The Morgan fingerprint density at radius 1 is 1.30 bits per heavy atom. The lowest BCUT2D eigenvalue weighted by molar-refractivity contribution is -0.0389. The van der Waals surface area contributed by atoms with E-state index < -0.39 is 0 Å². The molecule has 2 fully saturated rings. The van der Waals surface area contributed by atoms with E-state index in [1.807, 2.05) is 0 Å². The normalized spacial score (nSPS) is 36.3. The fourth-order valence-corrected chi connectivity index (χ4v) is 4.31. The summed E-state index contributed by atoms with van der Waals surface area (Å²) < 4.78 is 6.25. The molecule has 1 saturated carbocycles. The molecule has 1 heteroatoms. The molecule has 1 heterocycles. The lowest BCUT2D eigenvalue weighted by atomic mass is 9.58. The van der Waals surface area contributed by atoms with Gasteiger partial charge in [0, 0.05) is 0 Å². The number of hydrogen-bond acceptors (Lipinski definition) is 1. The summed E-state index contributed by atoms with van der Waals surface area (Å²) in [5.74, 6) is 1.86. The molecular weight excluding hydrogens is 244 g/mol. The monoisotopic (exact) mass is 275 g/mol. The van der Waals surface area contributed by atoms with E-state index in [1.54, 1.807) is 0 Å². The van der Waals surface area contributed by atoms with Crippen molar-refractivity contribution in [2.24, 2.45) is 28.6 Å². The van der Waals surface area contributed by atoms with Crippen molar-refractivity contribution in [2.75, 3.05) is 6.61 Å². The highest BCUT2D eigenvalue weighted by Crippen LogP contribution is 2.54. The maximum atomic E-state index is 6.25. The first-order valence-electron chi connectivity index (χ1n) is 8.14. The Morgan fingerprint density at radius 2 is 1.95 bits per heavy atom. The van der Waals surface area contributed by atoms with Crippen LogP contribution >= 0.6 is 0 Å². The molecule has 1 aliphatic carbocycles. The first kappa shape index (κ1) is 15.9. The molecule has 113 valence electrons. The van der Waals surface area contributed by atoms with Gasteiger partial charge in [0.15, 0.2) is 0 Å². The minimum atomic E-state index is 0.287. The zero-order valence-electron chi connectivity index (χ0n) is 14.1. The van der Waals surface area contributed by atoms with Crippen molar-refractivity contribution in [1.82, 2.24) is 0 Å². The number of rotatable bonds is 2. The van der Waals surface area contributed by atoms with Gasteiger partial charge in [0.05, 0.1) is 12.7 Å². The smallest absolute Gasteiger partial charge is 0.0643 e. The second-order valence-corrected chi connectivity index (χ2v) is 8.53. The second-order valence-electron chi connectivity index (χ2n) is 8.53. The van der Waals surface area contributed by atoms with Gasteiger partial charge in [0.2, 0.25) is 0 Å². The summed E-state index contributed by atoms with van der Waals surface area (Å²) in [5.41, 5.74) is 4.88. The van der Waals surface area contributed by atoms with E-state index in [9.17, 15) is 0 Å². The Kier molecular flexibility index (Phi) is 4.24. The molecular formula is C19H31O. The van der Waals surface area contributed by atoms with Crippen LogP contribution in [0.5, 0.6) is 0 Å². The largest absolute Gasteiger partial charge is 0.377 e. The molecule has 0 aromatic rings. The Bertz CT molecular complexity index is 406. The van der Waals surface area contributed by atoms with Crippen molar-refractivity contribution in [3.63, 3.8) is 0 Å². The third kappa shape index (κ3) is 2.76. The highest BCUT2D eigenvalue weighted by molar-refractivity contribution is 5.11. The lowest BCUT2D eigenvalue weighted by Gasteiger charge is -2.46. The molecule has 1 radical (unpaired) electrons. The van der Waals surface area contributed by atoms with Crippen LogP contribution in [0.25, 0.3) is 0 Å². The van der Waals surface area contributed by atoms with Crippen LogP contribution in [-0.4, -0.2) is 12.7 Å². The summed E-state index contributed by atoms with van der Waals surface area (Å²) in [6.07, 6.45) is 3.87. The summed E-state index contributed by atoms with van der Waals surface area (Å²) in [6, 6.07) is 0.